The molecule has 1 saturated heterocycles. The van der Waals surface area contributed by atoms with Gasteiger partial charge in [-0.2, -0.15) is 0 Å². The first-order chi connectivity index (χ1) is 11.3. The highest BCUT2D eigenvalue weighted by molar-refractivity contribution is 5.33. The Morgan fingerprint density at radius 2 is 1.65 bits per heavy atom. The number of likely N-dealkylation sites (tertiary alicyclic amines) is 1. The minimum atomic E-state index is 0.111. The summed E-state index contributed by atoms with van der Waals surface area (Å²) < 4.78 is 5.27. The smallest absolute Gasteiger partial charge is 0.118 e. The number of nitrogens with two attached hydrogens (primary N) is 1. The third kappa shape index (κ3) is 3.57. The molecule has 0 aromatic heterocycles. The maximum Gasteiger partial charge on any atom is 0.118 e. The number of ether oxygens (including phenoxy) is 1. The molecule has 0 atom stereocenters. The van der Waals surface area contributed by atoms with Gasteiger partial charge in [-0.3, -0.25) is 4.90 Å². The van der Waals surface area contributed by atoms with Gasteiger partial charge in [-0.15, -0.1) is 0 Å². The highest BCUT2D eigenvalue weighted by atomic mass is 16.5. The molecule has 1 aliphatic rings. The van der Waals surface area contributed by atoms with E-state index in [0.29, 0.717) is 6.54 Å². The van der Waals surface area contributed by atoms with Crippen molar-refractivity contribution in [2.75, 3.05) is 26.7 Å². The van der Waals surface area contributed by atoms with Crippen molar-refractivity contribution in [2.24, 2.45) is 5.73 Å². The summed E-state index contributed by atoms with van der Waals surface area (Å²) in [4.78, 5) is 2.53. The van der Waals surface area contributed by atoms with Crippen LogP contribution in [-0.4, -0.2) is 31.6 Å². The van der Waals surface area contributed by atoms with Crippen LogP contribution >= 0.6 is 0 Å². The van der Waals surface area contributed by atoms with Crippen LogP contribution in [0.1, 0.15) is 24.0 Å². The van der Waals surface area contributed by atoms with E-state index in [1.807, 2.05) is 12.1 Å². The number of methoxy groups -OCH3 is 1. The van der Waals surface area contributed by atoms with E-state index in [1.165, 1.54) is 11.1 Å². The van der Waals surface area contributed by atoms with Crippen LogP contribution in [0.15, 0.2) is 54.6 Å². The zero-order valence-corrected chi connectivity index (χ0v) is 13.9. The molecule has 122 valence electrons. The molecule has 1 fully saturated rings. The molecule has 1 heterocycles. The Morgan fingerprint density at radius 1 is 1.00 bits per heavy atom. The van der Waals surface area contributed by atoms with Gasteiger partial charge in [-0.25, -0.2) is 0 Å². The van der Waals surface area contributed by atoms with E-state index in [9.17, 15) is 0 Å². The quantitative estimate of drug-likeness (QED) is 0.922. The van der Waals surface area contributed by atoms with Crippen LogP contribution in [0.5, 0.6) is 5.75 Å². The van der Waals surface area contributed by atoms with Crippen LogP contribution in [0.4, 0.5) is 0 Å². The summed E-state index contributed by atoms with van der Waals surface area (Å²) in [5.41, 5.74) is 9.03. The molecule has 0 spiro atoms. The molecule has 2 aromatic carbocycles. The topological polar surface area (TPSA) is 38.5 Å². The first kappa shape index (κ1) is 16.0. The van der Waals surface area contributed by atoms with E-state index in [4.69, 9.17) is 10.5 Å². The largest absolute Gasteiger partial charge is 0.497 e. The molecule has 0 bridgehead atoms. The second-order valence-corrected chi connectivity index (χ2v) is 6.47. The van der Waals surface area contributed by atoms with Crippen molar-refractivity contribution >= 4 is 0 Å². The fraction of sp³-hybridized carbons (Fsp3) is 0.400. The van der Waals surface area contributed by atoms with Crippen molar-refractivity contribution < 1.29 is 4.74 Å². The van der Waals surface area contributed by atoms with Crippen molar-refractivity contribution in [1.29, 1.82) is 0 Å². The Kier molecular flexibility index (Phi) is 4.99. The molecule has 1 aliphatic heterocycles. The fourth-order valence-corrected chi connectivity index (χ4v) is 3.54. The lowest BCUT2D eigenvalue weighted by Crippen LogP contribution is -2.46. The first-order valence-electron chi connectivity index (χ1n) is 8.37. The molecule has 0 unspecified atom stereocenters. The van der Waals surface area contributed by atoms with Crippen LogP contribution < -0.4 is 10.5 Å². The average Bonchev–Trinajstić information content (AvgIpc) is 2.63. The van der Waals surface area contributed by atoms with E-state index in [0.717, 1.165) is 38.2 Å². The molecule has 2 aromatic rings. The number of benzene rings is 2. The highest BCUT2D eigenvalue weighted by Gasteiger charge is 2.34. The lowest BCUT2D eigenvalue weighted by molar-refractivity contribution is 0.156. The Labute approximate surface area is 139 Å². The number of piperidine rings is 1. The van der Waals surface area contributed by atoms with E-state index < -0.39 is 0 Å². The van der Waals surface area contributed by atoms with Crippen molar-refractivity contribution in [3.8, 4) is 5.75 Å². The molecule has 3 nitrogen and oxygen atoms in total. The van der Waals surface area contributed by atoms with Gasteiger partial charge in [0.25, 0.3) is 0 Å². The van der Waals surface area contributed by atoms with Crippen LogP contribution in [0.25, 0.3) is 0 Å². The van der Waals surface area contributed by atoms with Crippen molar-refractivity contribution in [3.63, 3.8) is 0 Å². The molecule has 23 heavy (non-hydrogen) atoms. The molecule has 2 N–H and O–H groups in total. The normalized spacial score (nSPS) is 17.8. The van der Waals surface area contributed by atoms with Crippen molar-refractivity contribution in [2.45, 2.75) is 24.8 Å². The molecule has 0 aliphatic carbocycles. The molecule has 3 heteroatoms. The number of rotatable bonds is 5. The first-order valence-corrected chi connectivity index (χ1v) is 8.37. The van der Waals surface area contributed by atoms with Crippen LogP contribution in [0, 0.1) is 0 Å². The third-order valence-electron chi connectivity index (χ3n) is 5.16. The summed E-state index contributed by atoms with van der Waals surface area (Å²) in [6, 6.07) is 19.1. The molecule has 0 saturated carbocycles. The van der Waals surface area contributed by atoms with E-state index in [2.05, 4.69) is 47.4 Å². The van der Waals surface area contributed by atoms with Crippen LogP contribution in [-0.2, 0) is 12.0 Å². The maximum atomic E-state index is 6.19. The highest BCUT2D eigenvalue weighted by Crippen LogP contribution is 2.35. The summed E-state index contributed by atoms with van der Waals surface area (Å²) in [6.45, 7) is 3.93. The predicted molar refractivity (Wildman–Crippen MR) is 94.7 cm³/mol. The van der Waals surface area contributed by atoms with Gasteiger partial charge in [0, 0.05) is 18.5 Å². The molecule has 0 amide bonds. The van der Waals surface area contributed by atoms with Gasteiger partial charge in [0.1, 0.15) is 5.75 Å². The van der Waals surface area contributed by atoms with Crippen molar-refractivity contribution in [1.82, 2.24) is 4.90 Å². The van der Waals surface area contributed by atoms with Gasteiger partial charge in [-0.1, -0.05) is 42.5 Å². The molecular formula is C20H26N2O. The van der Waals surface area contributed by atoms with Gasteiger partial charge >= 0.3 is 0 Å². The predicted octanol–water partition coefficient (Wildman–Crippen LogP) is 3.19. The zero-order valence-electron chi connectivity index (χ0n) is 13.9. The van der Waals surface area contributed by atoms with Gasteiger partial charge in [-0.05, 0) is 49.2 Å². The SMILES string of the molecule is COc1ccc(C2(CN)CCN(Cc3ccccc3)CC2)cc1. The van der Waals surface area contributed by atoms with E-state index >= 15 is 0 Å². The van der Waals surface area contributed by atoms with Gasteiger partial charge in [0.15, 0.2) is 0 Å². The number of hydrogen-bond acceptors (Lipinski definition) is 3. The Balaban J connectivity index is 1.67. The maximum absolute atomic E-state index is 6.19. The summed E-state index contributed by atoms with van der Waals surface area (Å²) in [5, 5.41) is 0. The van der Waals surface area contributed by atoms with Crippen LogP contribution in [0.2, 0.25) is 0 Å². The number of nitrogens with zero attached hydrogens (tertiary/aromatic N) is 1. The standard InChI is InChI=1S/C20H26N2O/c1-23-19-9-7-18(8-10-19)20(16-21)11-13-22(14-12-20)15-17-5-3-2-4-6-17/h2-10H,11-16,21H2,1H3. The third-order valence-corrected chi connectivity index (χ3v) is 5.16. The molecule has 3 rings (SSSR count). The summed E-state index contributed by atoms with van der Waals surface area (Å²) in [7, 11) is 1.70. The van der Waals surface area contributed by atoms with E-state index in [1.54, 1.807) is 7.11 Å². The number of hydrogen-bond donors (Lipinski definition) is 1. The Hall–Kier alpha value is -1.84. The van der Waals surface area contributed by atoms with Crippen molar-refractivity contribution in [3.05, 3.63) is 65.7 Å². The monoisotopic (exact) mass is 310 g/mol. The van der Waals surface area contributed by atoms with E-state index in [-0.39, 0.29) is 5.41 Å². The fourth-order valence-electron chi connectivity index (χ4n) is 3.54. The molecule has 0 radical (unpaired) electrons. The zero-order chi connectivity index (χ0) is 16.1. The summed E-state index contributed by atoms with van der Waals surface area (Å²) in [6.07, 6.45) is 2.23. The minimum absolute atomic E-state index is 0.111. The Morgan fingerprint density at radius 3 is 2.22 bits per heavy atom. The Bertz CT molecular complexity index is 601. The second kappa shape index (κ2) is 7.16. The summed E-state index contributed by atoms with van der Waals surface area (Å²) >= 11 is 0. The second-order valence-electron chi connectivity index (χ2n) is 6.47. The minimum Gasteiger partial charge on any atom is -0.497 e. The average molecular weight is 310 g/mol. The van der Waals surface area contributed by atoms with Gasteiger partial charge < -0.3 is 10.5 Å². The lowest BCUT2D eigenvalue weighted by atomic mass is 9.73. The summed E-state index contributed by atoms with van der Waals surface area (Å²) in [5.74, 6) is 0.905. The lowest BCUT2D eigenvalue weighted by Gasteiger charge is -2.41. The van der Waals surface area contributed by atoms with Crippen LogP contribution in [0.3, 0.4) is 0 Å². The molecular weight excluding hydrogens is 284 g/mol. The van der Waals surface area contributed by atoms with Gasteiger partial charge in [0.05, 0.1) is 7.11 Å². The van der Waals surface area contributed by atoms with Gasteiger partial charge in [0.2, 0.25) is 0 Å².